The van der Waals surface area contributed by atoms with Crippen LogP contribution in [0.2, 0.25) is 0 Å². The molecule has 2 fully saturated rings. The van der Waals surface area contributed by atoms with Gasteiger partial charge in [0.15, 0.2) is 0 Å². The van der Waals surface area contributed by atoms with Crippen LogP contribution in [0.3, 0.4) is 0 Å². The number of benzene rings is 2. The molecule has 3 aromatic rings. The fourth-order valence-corrected chi connectivity index (χ4v) is 6.75. The number of fused-ring (bicyclic) bond motifs is 1. The van der Waals surface area contributed by atoms with E-state index in [1.54, 1.807) is 12.1 Å². The second kappa shape index (κ2) is 11.7. The molecule has 2 aromatic carbocycles. The van der Waals surface area contributed by atoms with Crippen molar-refractivity contribution in [3.8, 4) is 0 Å². The van der Waals surface area contributed by atoms with Gasteiger partial charge >= 0.3 is 12.4 Å². The van der Waals surface area contributed by atoms with E-state index >= 15 is 0 Å². The topological polar surface area (TPSA) is 72.3 Å². The number of amides is 1. The molecular formula is C31H32F7N5O2. The Morgan fingerprint density at radius 3 is 2.20 bits per heavy atom. The van der Waals surface area contributed by atoms with Crippen molar-refractivity contribution in [1.29, 1.82) is 0 Å². The van der Waals surface area contributed by atoms with Crippen LogP contribution in [0.5, 0.6) is 0 Å². The molecule has 3 atom stereocenters. The summed E-state index contributed by atoms with van der Waals surface area (Å²) in [5, 5.41) is 11.7. The summed E-state index contributed by atoms with van der Waals surface area (Å²) in [6.07, 6.45) is -9.29. The minimum Gasteiger partial charge on any atom is -0.369 e. The average Bonchev–Trinajstić information content (AvgIpc) is 3.55. The van der Waals surface area contributed by atoms with E-state index in [4.69, 9.17) is 4.74 Å². The van der Waals surface area contributed by atoms with E-state index in [2.05, 4.69) is 20.4 Å². The average molecular weight is 640 g/mol. The van der Waals surface area contributed by atoms with Gasteiger partial charge in [0, 0.05) is 25.4 Å². The van der Waals surface area contributed by atoms with Gasteiger partial charge in [-0.25, -0.2) is 4.39 Å². The Hall–Kier alpha value is -3.52. The number of carbonyl (C=O) groups is 1. The third-order valence-corrected chi connectivity index (χ3v) is 9.42. The van der Waals surface area contributed by atoms with Gasteiger partial charge in [-0.15, -0.1) is 10.2 Å². The van der Waals surface area contributed by atoms with E-state index < -0.39 is 47.4 Å². The zero-order valence-electron chi connectivity index (χ0n) is 24.4. The van der Waals surface area contributed by atoms with E-state index in [1.807, 2.05) is 4.57 Å². The maximum atomic E-state index is 13.8. The summed E-state index contributed by atoms with van der Waals surface area (Å²) >= 11 is 0. The van der Waals surface area contributed by atoms with Crippen LogP contribution in [0.25, 0.3) is 0 Å². The first-order chi connectivity index (χ1) is 21.2. The summed E-state index contributed by atoms with van der Waals surface area (Å²) in [6.45, 7) is 4.36. The van der Waals surface area contributed by atoms with Crippen LogP contribution >= 0.6 is 0 Å². The van der Waals surface area contributed by atoms with E-state index in [-0.39, 0.29) is 29.4 Å². The number of halogens is 7. The molecule has 2 saturated heterocycles. The van der Waals surface area contributed by atoms with Crippen LogP contribution in [0, 0.1) is 11.2 Å². The van der Waals surface area contributed by atoms with E-state index in [0.717, 1.165) is 32.4 Å². The monoisotopic (exact) mass is 639 g/mol. The highest BCUT2D eigenvalue weighted by atomic mass is 19.4. The normalized spacial score (nSPS) is 22.8. The molecule has 0 saturated carbocycles. The highest BCUT2D eigenvalue weighted by Gasteiger charge is 2.45. The molecule has 1 N–H and O–H groups in total. The Labute approximate surface area is 254 Å². The van der Waals surface area contributed by atoms with Gasteiger partial charge in [0.05, 0.1) is 35.3 Å². The quantitative estimate of drug-likeness (QED) is 0.333. The summed E-state index contributed by atoms with van der Waals surface area (Å²) < 4.78 is 103. The summed E-state index contributed by atoms with van der Waals surface area (Å²) in [4.78, 5) is 14.6. The van der Waals surface area contributed by atoms with Gasteiger partial charge in [-0.05, 0) is 80.7 Å². The van der Waals surface area contributed by atoms with Crippen molar-refractivity contribution in [2.24, 2.45) is 5.41 Å². The Morgan fingerprint density at radius 1 is 0.978 bits per heavy atom. The lowest BCUT2D eigenvalue weighted by Crippen LogP contribution is -2.44. The first-order valence-electron chi connectivity index (χ1n) is 14.8. The molecule has 0 radical (unpaired) electrons. The third-order valence-electron chi connectivity index (χ3n) is 9.42. The highest BCUT2D eigenvalue weighted by molar-refractivity contribution is 5.84. The number of rotatable bonds is 6. The minimum absolute atomic E-state index is 0.0901. The van der Waals surface area contributed by atoms with Crippen molar-refractivity contribution in [3.63, 3.8) is 0 Å². The number of carbonyl (C=O) groups excluding carboxylic acids is 1. The lowest BCUT2D eigenvalue weighted by Gasteiger charge is -2.38. The van der Waals surface area contributed by atoms with E-state index in [9.17, 15) is 35.5 Å². The lowest BCUT2D eigenvalue weighted by atomic mass is 9.77. The van der Waals surface area contributed by atoms with E-state index in [0.29, 0.717) is 49.0 Å². The standard InChI is InChI=1S/C31H32F7N5O2/c1-18(20-12-21(30(33,34)35)14-22(13-20)31(36,37)38)45-25-15-26-40-41-27(43(26)16-24(25)19-2-4-23(32)5-3-19)17-42-10-7-29(8-11-42)6-9-39-28(29)44/h2-5,12-14,18,24-25H,6-11,15-17H2,1H3,(H,39,44)/t18-,24-,25+/m1/s1. The van der Waals surface area contributed by atoms with Crippen molar-refractivity contribution in [3.05, 3.63) is 82.2 Å². The maximum Gasteiger partial charge on any atom is 0.416 e. The van der Waals surface area contributed by atoms with Gasteiger partial charge in [-0.2, -0.15) is 26.3 Å². The Balaban J connectivity index is 1.25. The highest BCUT2D eigenvalue weighted by Crippen LogP contribution is 2.41. The Kier molecular flexibility index (Phi) is 8.17. The van der Waals surface area contributed by atoms with Crippen LogP contribution in [0.1, 0.15) is 72.1 Å². The largest absolute Gasteiger partial charge is 0.416 e. The number of nitrogens with zero attached hydrogens (tertiary/aromatic N) is 4. The molecule has 4 heterocycles. The third kappa shape index (κ3) is 6.44. The number of alkyl halides is 6. The van der Waals surface area contributed by atoms with Gasteiger partial charge in [0.2, 0.25) is 5.91 Å². The fourth-order valence-electron chi connectivity index (χ4n) is 6.75. The zero-order chi connectivity index (χ0) is 32.1. The van der Waals surface area contributed by atoms with Crippen LogP contribution in [-0.2, 0) is 41.4 Å². The summed E-state index contributed by atoms with van der Waals surface area (Å²) in [6, 6.07) is 7.22. The summed E-state index contributed by atoms with van der Waals surface area (Å²) in [5.41, 5.74) is -2.70. The fraction of sp³-hybridized carbons (Fsp3) is 0.516. The van der Waals surface area contributed by atoms with Crippen molar-refractivity contribution >= 4 is 5.91 Å². The number of hydrogen-bond donors (Lipinski definition) is 1. The van der Waals surface area contributed by atoms with Crippen LogP contribution < -0.4 is 5.32 Å². The first-order valence-corrected chi connectivity index (χ1v) is 14.8. The van der Waals surface area contributed by atoms with Gasteiger partial charge in [-0.1, -0.05) is 12.1 Å². The number of hydrogen-bond acceptors (Lipinski definition) is 5. The first kappa shape index (κ1) is 31.5. The van der Waals surface area contributed by atoms with Crippen LogP contribution in [-0.4, -0.2) is 51.3 Å². The predicted octanol–water partition coefficient (Wildman–Crippen LogP) is 6.04. The number of piperidine rings is 1. The van der Waals surface area contributed by atoms with Crippen LogP contribution in [0.15, 0.2) is 42.5 Å². The van der Waals surface area contributed by atoms with Gasteiger partial charge < -0.3 is 14.6 Å². The molecule has 0 unspecified atom stereocenters. The molecule has 1 spiro atoms. The molecule has 7 nitrogen and oxygen atoms in total. The molecule has 45 heavy (non-hydrogen) atoms. The van der Waals surface area contributed by atoms with E-state index in [1.165, 1.54) is 19.1 Å². The SMILES string of the molecule is C[C@@H](O[C@H]1Cc2nnc(CN3CCC4(CCNC4=O)CC3)n2C[C@@H]1c1ccc(F)cc1)c1cc(C(F)(F)F)cc(C(F)(F)F)c1. The second-order valence-electron chi connectivity index (χ2n) is 12.2. The number of ether oxygens (including phenoxy) is 1. The van der Waals surface area contributed by atoms with Gasteiger partial charge in [0.25, 0.3) is 0 Å². The summed E-state index contributed by atoms with van der Waals surface area (Å²) in [5.74, 6) is 0.514. The van der Waals surface area contributed by atoms with Crippen molar-refractivity contribution in [1.82, 2.24) is 25.0 Å². The van der Waals surface area contributed by atoms with Gasteiger partial charge in [0.1, 0.15) is 17.5 Å². The smallest absolute Gasteiger partial charge is 0.369 e. The maximum absolute atomic E-state index is 13.8. The Morgan fingerprint density at radius 2 is 1.62 bits per heavy atom. The van der Waals surface area contributed by atoms with Crippen molar-refractivity contribution < 1.29 is 40.3 Å². The number of likely N-dealkylation sites (tertiary alicyclic amines) is 1. The molecule has 242 valence electrons. The molecular weight excluding hydrogens is 607 g/mol. The van der Waals surface area contributed by atoms with Crippen molar-refractivity contribution in [2.75, 3.05) is 19.6 Å². The molecule has 0 bridgehead atoms. The molecule has 1 aromatic heterocycles. The number of aromatic nitrogens is 3. The predicted molar refractivity (Wildman–Crippen MR) is 147 cm³/mol. The molecule has 1 amide bonds. The lowest BCUT2D eigenvalue weighted by molar-refractivity contribution is -0.143. The molecule has 3 aliphatic heterocycles. The molecule has 0 aliphatic carbocycles. The molecule has 14 heteroatoms. The minimum atomic E-state index is -4.98. The zero-order valence-corrected chi connectivity index (χ0v) is 24.4. The second-order valence-corrected chi connectivity index (χ2v) is 12.2. The van der Waals surface area contributed by atoms with Gasteiger partial charge in [-0.3, -0.25) is 9.69 Å². The number of nitrogens with one attached hydrogen (secondary N) is 1. The molecule has 3 aliphatic rings. The Bertz CT molecular complexity index is 1510. The van der Waals surface area contributed by atoms with Crippen LogP contribution in [0.4, 0.5) is 30.7 Å². The summed E-state index contributed by atoms with van der Waals surface area (Å²) in [7, 11) is 0. The molecule has 6 rings (SSSR count). The van der Waals surface area contributed by atoms with Crippen molar-refractivity contribution in [2.45, 2.75) is 76.2 Å².